The molecule has 0 spiro atoms. The molecule has 23 heavy (non-hydrogen) atoms. The Hall–Kier alpha value is -2.03. The van der Waals surface area contributed by atoms with Gasteiger partial charge in [-0.15, -0.1) is 12.4 Å². The first-order chi connectivity index (χ1) is 10.2. The van der Waals surface area contributed by atoms with Gasteiger partial charge < -0.3 is 5.32 Å². The zero-order valence-corrected chi connectivity index (χ0v) is 12.1. The van der Waals surface area contributed by atoms with Gasteiger partial charge >= 0.3 is 12.4 Å². The summed E-state index contributed by atoms with van der Waals surface area (Å²) in [5.74, 6) is 0.105. The minimum atomic E-state index is -4.86. The number of hydrogen-bond donors (Lipinski definition) is 1. The summed E-state index contributed by atoms with van der Waals surface area (Å²) in [5.41, 5.74) is -2.88. The van der Waals surface area contributed by atoms with Crippen molar-refractivity contribution in [3.8, 4) is 0 Å². The number of hydrogen-bond acceptors (Lipinski definition) is 3. The van der Waals surface area contributed by atoms with Crippen LogP contribution in [0.15, 0.2) is 36.7 Å². The second-order valence-electron chi connectivity index (χ2n) is 4.34. The Morgan fingerprint density at radius 2 is 1.30 bits per heavy atom. The molecule has 0 radical (unpaired) electrons. The maximum Gasteiger partial charge on any atom is 0.416 e. The zero-order valence-electron chi connectivity index (χ0n) is 11.2. The van der Waals surface area contributed by atoms with Crippen molar-refractivity contribution in [2.24, 2.45) is 0 Å². The molecule has 0 saturated heterocycles. The van der Waals surface area contributed by atoms with E-state index in [0.717, 1.165) is 0 Å². The molecule has 0 aliphatic carbocycles. The first-order valence-electron chi connectivity index (χ1n) is 5.95. The van der Waals surface area contributed by atoms with Crippen LogP contribution in [-0.2, 0) is 18.9 Å². The standard InChI is InChI=1S/C13H9F6N3.ClH/c14-12(15,16)9-4-8(5-10(6-9)13(17,18)19)7-22-11-20-2-1-3-21-11;/h1-6H,7H2,(H,20,21,22);1H. The molecule has 0 bridgehead atoms. The summed E-state index contributed by atoms with van der Waals surface area (Å²) < 4.78 is 76.1. The Kier molecular flexibility index (Phi) is 5.81. The van der Waals surface area contributed by atoms with Crippen molar-refractivity contribution in [1.29, 1.82) is 0 Å². The van der Waals surface area contributed by atoms with Crippen molar-refractivity contribution in [2.45, 2.75) is 18.9 Å². The molecule has 126 valence electrons. The van der Waals surface area contributed by atoms with Gasteiger partial charge in [0.15, 0.2) is 0 Å². The van der Waals surface area contributed by atoms with Gasteiger partial charge in [0.05, 0.1) is 11.1 Å². The summed E-state index contributed by atoms with van der Waals surface area (Å²) in [6.07, 6.45) is -6.94. The van der Waals surface area contributed by atoms with E-state index in [9.17, 15) is 26.3 Å². The van der Waals surface area contributed by atoms with Gasteiger partial charge in [-0.1, -0.05) is 0 Å². The summed E-state index contributed by atoms with van der Waals surface area (Å²) in [7, 11) is 0. The molecule has 0 unspecified atom stereocenters. The highest BCUT2D eigenvalue weighted by molar-refractivity contribution is 5.85. The SMILES string of the molecule is Cl.FC(F)(F)c1cc(CNc2ncccn2)cc(C(F)(F)F)c1. The molecule has 1 aromatic heterocycles. The summed E-state index contributed by atoms with van der Waals surface area (Å²) in [4.78, 5) is 7.54. The maximum atomic E-state index is 12.7. The summed E-state index contributed by atoms with van der Waals surface area (Å²) >= 11 is 0. The minimum Gasteiger partial charge on any atom is -0.350 e. The third-order valence-corrected chi connectivity index (χ3v) is 2.66. The normalized spacial score (nSPS) is 11.7. The number of benzene rings is 1. The van der Waals surface area contributed by atoms with Gasteiger partial charge in [-0.25, -0.2) is 9.97 Å². The highest BCUT2D eigenvalue weighted by Gasteiger charge is 2.36. The number of rotatable bonds is 3. The van der Waals surface area contributed by atoms with Crippen LogP contribution in [0.1, 0.15) is 16.7 Å². The fourth-order valence-electron chi connectivity index (χ4n) is 1.69. The molecule has 1 aromatic carbocycles. The lowest BCUT2D eigenvalue weighted by molar-refractivity contribution is -0.143. The molecule has 2 rings (SSSR count). The van der Waals surface area contributed by atoms with Crippen molar-refractivity contribution in [3.63, 3.8) is 0 Å². The molecule has 0 fully saturated rings. The van der Waals surface area contributed by atoms with E-state index < -0.39 is 23.5 Å². The van der Waals surface area contributed by atoms with E-state index in [1.807, 2.05) is 0 Å². The molecular weight excluding hydrogens is 348 g/mol. The van der Waals surface area contributed by atoms with Gasteiger partial charge in [0.1, 0.15) is 0 Å². The predicted molar refractivity (Wildman–Crippen MR) is 73.1 cm³/mol. The molecule has 1 N–H and O–H groups in total. The van der Waals surface area contributed by atoms with Crippen LogP contribution >= 0.6 is 12.4 Å². The quantitative estimate of drug-likeness (QED) is 0.819. The van der Waals surface area contributed by atoms with E-state index in [2.05, 4.69) is 15.3 Å². The number of aromatic nitrogens is 2. The minimum absolute atomic E-state index is 0. The van der Waals surface area contributed by atoms with Crippen LogP contribution in [0.3, 0.4) is 0 Å². The van der Waals surface area contributed by atoms with E-state index >= 15 is 0 Å². The number of nitrogens with zero attached hydrogens (tertiary/aromatic N) is 2. The van der Waals surface area contributed by atoms with Gasteiger partial charge in [0.2, 0.25) is 5.95 Å². The van der Waals surface area contributed by atoms with Crippen LogP contribution in [0.4, 0.5) is 32.3 Å². The highest BCUT2D eigenvalue weighted by atomic mass is 35.5. The summed E-state index contributed by atoms with van der Waals surface area (Å²) in [5, 5.41) is 2.56. The first-order valence-corrected chi connectivity index (χ1v) is 5.95. The van der Waals surface area contributed by atoms with Crippen LogP contribution in [0, 0.1) is 0 Å². The topological polar surface area (TPSA) is 37.8 Å². The largest absolute Gasteiger partial charge is 0.416 e. The van der Waals surface area contributed by atoms with Gasteiger partial charge in [-0.2, -0.15) is 26.3 Å². The Morgan fingerprint density at radius 3 is 1.74 bits per heavy atom. The van der Waals surface area contributed by atoms with Crippen molar-refractivity contribution in [3.05, 3.63) is 53.3 Å². The molecule has 0 saturated carbocycles. The van der Waals surface area contributed by atoms with Crippen LogP contribution in [0.2, 0.25) is 0 Å². The lowest BCUT2D eigenvalue weighted by Crippen LogP contribution is -2.13. The average molecular weight is 358 g/mol. The fraction of sp³-hybridized carbons (Fsp3) is 0.231. The monoisotopic (exact) mass is 357 g/mol. The van der Waals surface area contributed by atoms with E-state index in [-0.39, 0.29) is 36.5 Å². The maximum absolute atomic E-state index is 12.7. The van der Waals surface area contributed by atoms with Crippen molar-refractivity contribution in [2.75, 3.05) is 5.32 Å². The average Bonchev–Trinajstić information content (AvgIpc) is 2.44. The third-order valence-electron chi connectivity index (χ3n) is 2.66. The molecule has 0 aliphatic heterocycles. The Labute approximate surface area is 133 Å². The van der Waals surface area contributed by atoms with Crippen LogP contribution < -0.4 is 5.32 Å². The highest BCUT2D eigenvalue weighted by Crippen LogP contribution is 2.36. The third kappa shape index (κ3) is 5.27. The van der Waals surface area contributed by atoms with Crippen LogP contribution in [0.5, 0.6) is 0 Å². The molecule has 0 aliphatic rings. The molecule has 0 amide bonds. The molecule has 1 heterocycles. The summed E-state index contributed by atoms with van der Waals surface area (Å²) in [6, 6.07) is 2.93. The Morgan fingerprint density at radius 1 is 0.826 bits per heavy atom. The lowest BCUT2D eigenvalue weighted by atomic mass is 10.0. The predicted octanol–water partition coefficient (Wildman–Crippen LogP) is 4.55. The summed E-state index contributed by atoms with van der Waals surface area (Å²) in [6.45, 7) is -0.267. The number of halogens is 7. The first kappa shape index (κ1) is 19.0. The second-order valence-corrected chi connectivity index (χ2v) is 4.34. The Bertz CT molecular complexity index is 610. The number of nitrogens with one attached hydrogen (secondary N) is 1. The lowest BCUT2D eigenvalue weighted by Gasteiger charge is -2.14. The van der Waals surface area contributed by atoms with Crippen molar-refractivity contribution < 1.29 is 26.3 Å². The molecule has 10 heteroatoms. The van der Waals surface area contributed by atoms with Gasteiger partial charge in [0, 0.05) is 18.9 Å². The van der Waals surface area contributed by atoms with E-state index in [1.54, 1.807) is 0 Å². The van der Waals surface area contributed by atoms with Crippen molar-refractivity contribution >= 4 is 18.4 Å². The zero-order chi connectivity index (χ0) is 16.4. The van der Waals surface area contributed by atoms with Gasteiger partial charge in [-0.3, -0.25) is 0 Å². The van der Waals surface area contributed by atoms with Gasteiger partial charge in [-0.05, 0) is 29.8 Å². The van der Waals surface area contributed by atoms with Crippen molar-refractivity contribution in [1.82, 2.24) is 9.97 Å². The fourth-order valence-corrected chi connectivity index (χ4v) is 1.69. The second kappa shape index (κ2) is 7.03. The molecule has 0 atom stereocenters. The van der Waals surface area contributed by atoms with Crippen LogP contribution in [0.25, 0.3) is 0 Å². The number of alkyl halides is 6. The van der Waals surface area contributed by atoms with Gasteiger partial charge in [0.25, 0.3) is 0 Å². The molecule has 3 nitrogen and oxygen atoms in total. The number of anilines is 1. The molecular formula is C13H10ClF6N3. The van der Waals surface area contributed by atoms with Crippen LogP contribution in [-0.4, -0.2) is 9.97 Å². The Balaban J connectivity index is 0.00000264. The molecule has 2 aromatic rings. The van der Waals surface area contributed by atoms with E-state index in [1.165, 1.54) is 18.5 Å². The van der Waals surface area contributed by atoms with E-state index in [4.69, 9.17) is 0 Å². The van der Waals surface area contributed by atoms with E-state index in [0.29, 0.717) is 12.1 Å². The smallest absolute Gasteiger partial charge is 0.350 e.